The number of hydrogen-bond donors (Lipinski definition) is 1. The molecule has 1 aliphatic heterocycles. The summed E-state index contributed by atoms with van der Waals surface area (Å²) in [5, 5.41) is 18.4. The summed E-state index contributed by atoms with van der Waals surface area (Å²) < 4.78 is 1.95. The van der Waals surface area contributed by atoms with Crippen LogP contribution >= 0.6 is 11.3 Å². The standard InChI is InChI=1S/C22H28N4OS/c1-18-3-4-22(26-8-2-7-23-26)20(13-18)15-24-9-10-25(21(16-24)5-11-27)14-19-6-12-28-17-19/h2-4,6-8,12-13,17,21,27H,5,9-11,14-16H2,1H3/t21-/m0/s1. The van der Waals surface area contributed by atoms with Gasteiger partial charge in [-0.2, -0.15) is 16.4 Å². The second kappa shape index (κ2) is 9.01. The summed E-state index contributed by atoms with van der Waals surface area (Å²) in [4.78, 5) is 5.05. The second-order valence-electron chi connectivity index (χ2n) is 7.59. The van der Waals surface area contributed by atoms with Crippen LogP contribution in [0, 0.1) is 6.92 Å². The van der Waals surface area contributed by atoms with Crippen LogP contribution in [0.1, 0.15) is 23.1 Å². The van der Waals surface area contributed by atoms with Crippen molar-refractivity contribution in [2.45, 2.75) is 32.5 Å². The van der Waals surface area contributed by atoms with Crippen molar-refractivity contribution in [3.8, 4) is 5.69 Å². The minimum atomic E-state index is 0.238. The third-order valence-electron chi connectivity index (χ3n) is 5.50. The zero-order valence-corrected chi connectivity index (χ0v) is 17.2. The number of thiophene rings is 1. The minimum absolute atomic E-state index is 0.238. The summed E-state index contributed by atoms with van der Waals surface area (Å²) in [5.41, 5.74) is 5.10. The van der Waals surface area contributed by atoms with Crippen LogP contribution in [0.5, 0.6) is 0 Å². The SMILES string of the molecule is Cc1ccc(-n2cccn2)c(CN2CCN(Cc3ccsc3)[C@@H](CCO)C2)c1. The average molecular weight is 397 g/mol. The molecule has 3 heterocycles. The van der Waals surface area contributed by atoms with Crippen molar-refractivity contribution in [2.75, 3.05) is 26.2 Å². The molecule has 0 saturated carbocycles. The van der Waals surface area contributed by atoms with E-state index in [1.807, 2.05) is 23.1 Å². The smallest absolute Gasteiger partial charge is 0.0690 e. The third kappa shape index (κ3) is 4.52. The number of aliphatic hydroxyl groups excluding tert-OH is 1. The molecule has 148 valence electrons. The van der Waals surface area contributed by atoms with Crippen LogP contribution in [-0.4, -0.2) is 57.0 Å². The van der Waals surface area contributed by atoms with Crippen molar-refractivity contribution in [2.24, 2.45) is 0 Å². The molecule has 5 nitrogen and oxygen atoms in total. The van der Waals surface area contributed by atoms with E-state index in [4.69, 9.17) is 0 Å². The maximum absolute atomic E-state index is 9.59. The van der Waals surface area contributed by atoms with Gasteiger partial charge in [0, 0.05) is 57.8 Å². The van der Waals surface area contributed by atoms with Crippen LogP contribution in [0.15, 0.2) is 53.5 Å². The topological polar surface area (TPSA) is 44.5 Å². The molecule has 1 aliphatic rings. The van der Waals surface area contributed by atoms with Crippen molar-refractivity contribution in [1.29, 1.82) is 0 Å². The number of aryl methyl sites for hydroxylation is 1. The van der Waals surface area contributed by atoms with Gasteiger partial charge >= 0.3 is 0 Å². The molecule has 1 fully saturated rings. The maximum atomic E-state index is 9.59. The highest BCUT2D eigenvalue weighted by molar-refractivity contribution is 7.07. The second-order valence-corrected chi connectivity index (χ2v) is 8.37. The predicted molar refractivity (Wildman–Crippen MR) is 114 cm³/mol. The van der Waals surface area contributed by atoms with Gasteiger partial charge in [0.25, 0.3) is 0 Å². The normalized spacial score (nSPS) is 18.6. The van der Waals surface area contributed by atoms with E-state index in [-0.39, 0.29) is 6.61 Å². The van der Waals surface area contributed by atoms with E-state index in [2.05, 4.69) is 56.8 Å². The van der Waals surface area contributed by atoms with Crippen LogP contribution < -0.4 is 0 Å². The lowest BCUT2D eigenvalue weighted by Gasteiger charge is -2.41. The molecule has 0 radical (unpaired) electrons. The molecule has 0 aliphatic carbocycles. The Morgan fingerprint density at radius 1 is 1.21 bits per heavy atom. The summed E-state index contributed by atoms with van der Waals surface area (Å²) in [6.45, 7) is 7.32. The molecule has 0 amide bonds. The highest BCUT2D eigenvalue weighted by atomic mass is 32.1. The number of aromatic nitrogens is 2. The van der Waals surface area contributed by atoms with Gasteiger partial charge in [-0.3, -0.25) is 9.80 Å². The fourth-order valence-electron chi connectivity index (χ4n) is 4.07. The highest BCUT2D eigenvalue weighted by Crippen LogP contribution is 2.22. The van der Waals surface area contributed by atoms with Gasteiger partial charge < -0.3 is 5.11 Å². The van der Waals surface area contributed by atoms with E-state index in [1.165, 1.54) is 16.7 Å². The average Bonchev–Trinajstić information content (AvgIpc) is 3.38. The van der Waals surface area contributed by atoms with E-state index in [9.17, 15) is 5.11 Å². The fraction of sp³-hybridized carbons (Fsp3) is 0.409. The quantitative estimate of drug-likeness (QED) is 0.665. The molecule has 1 N–H and O–H groups in total. The van der Waals surface area contributed by atoms with E-state index in [0.717, 1.165) is 44.8 Å². The largest absolute Gasteiger partial charge is 0.396 e. The number of benzene rings is 1. The summed E-state index contributed by atoms with van der Waals surface area (Å²) in [6, 6.07) is 11.1. The predicted octanol–water partition coefficient (Wildman–Crippen LogP) is 3.31. The molecule has 3 aromatic rings. The molecular weight excluding hydrogens is 368 g/mol. The Bertz CT molecular complexity index is 863. The Kier molecular flexibility index (Phi) is 6.22. The molecule has 0 spiro atoms. The van der Waals surface area contributed by atoms with Crippen molar-refractivity contribution in [3.05, 3.63) is 70.2 Å². The number of nitrogens with zero attached hydrogens (tertiary/aromatic N) is 4. The molecule has 1 atom stereocenters. The Labute approximate surface area is 170 Å². The first-order valence-electron chi connectivity index (χ1n) is 9.91. The molecule has 1 aromatic carbocycles. The van der Waals surface area contributed by atoms with E-state index >= 15 is 0 Å². The van der Waals surface area contributed by atoms with Gasteiger partial charge in [-0.1, -0.05) is 17.7 Å². The Morgan fingerprint density at radius 3 is 2.89 bits per heavy atom. The van der Waals surface area contributed by atoms with Crippen molar-refractivity contribution >= 4 is 11.3 Å². The monoisotopic (exact) mass is 396 g/mol. The van der Waals surface area contributed by atoms with Crippen LogP contribution in [0.25, 0.3) is 5.69 Å². The maximum Gasteiger partial charge on any atom is 0.0690 e. The van der Waals surface area contributed by atoms with Gasteiger partial charge in [0.2, 0.25) is 0 Å². The molecule has 1 saturated heterocycles. The summed E-state index contributed by atoms with van der Waals surface area (Å²) in [7, 11) is 0. The Morgan fingerprint density at radius 2 is 2.14 bits per heavy atom. The van der Waals surface area contributed by atoms with E-state index < -0.39 is 0 Å². The summed E-state index contributed by atoms with van der Waals surface area (Å²) in [5.74, 6) is 0. The summed E-state index contributed by atoms with van der Waals surface area (Å²) >= 11 is 1.75. The van der Waals surface area contributed by atoms with Gasteiger partial charge in [0.05, 0.1) is 5.69 Å². The molecule has 6 heteroatoms. The lowest BCUT2D eigenvalue weighted by molar-refractivity contribution is 0.0500. The van der Waals surface area contributed by atoms with Crippen molar-refractivity contribution in [3.63, 3.8) is 0 Å². The van der Waals surface area contributed by atoms with Crippen molar-refractivity contribution < 1.29 is 5.11 Å². The fourth-order valence-corrected chi connectivity index (χ4v) is 4.73. The molecule has 28 heavy (non-hydrogen) atoms. The first-order valence-corrected chi connectivity index (χ1v) is 10.8. The number of aliphatic hydroxyl groups is 1. The van der Waals surface area contributed by atoms with Gasteiger partial charge in [0.15, 0.2) is 0 Å². The third-order valence-corrected chi connectivity index (χ3v) is 6.23. The molecule has 4 rings (SSSR count). The van der Waals surface area contributed by atoms with Crippen LogP contribution in [0.3, 0.4) is 0 Å². The number of rotatable bonds is 7. The zero-order chi connectivity index (χ0) is 19.3. The van der Waals surface area contributed by atoms with Gasteiger partial charge in [0.1, 0.15) is 0 Å². The van der Waals surface area contributed by atoms with Gasteiger partial charge in [-0.25, -0.2) is 4.68 Å². The van der Waals surface area contributed by atoms with E-state index in [0.29, 0.717) is 6.04 Å². The molecule has 0 bridgehead atoms. The van der Waals surface area contributed by atoms with Crippen LogP contribution in [-0.2, 0) is 13.1 Å². The summed E-state index contributed by atoms with van der Waals surface area (Å²) in [6.07, 6.45) is 4.64. The van der Waals surface area contributed by atoms with Gasteiger partial charge in [-0.05, 0) is 53.4 Å². The molecule has 2 aromatic heterocycles. The first-order chi connectivity index (χ1) is 13.7. The van der Waals surface area contributed by atoms with Gasteiger partial charge in [-0.15, -0.1) is 0 Å². The number of hydrogen-bond acceptors (Lipinski definition) is 5. The van der Waals surface area contributed by atoms with Crippen LogP contribution in [0.4, 0.5) is 0 Å². The minimum Gasteiger partial charge on any atom is -0.396 e. The highest BCUT2D eigenvalue weighted by Gasteiger charge is 2.27. The number of piperazine rings is 1. The lowest BCUT2D eigenvalue weighted by atomic mass is 10.0. The molecule has 0 unspecified atom stereocenters. The first kappa shape index (κ1) is 19.3. The molecular formula is C22H28N4OS. The van der Waals surface area contributed by atoms with Crippen molar-refractivity contribution in [1.82, 2.24) is 19.6 Å². The van der Waals surface area contributed by atoms with E-state index in [1.54, 1.807) is 11.3 Å². The van der Waals surface area contributed by atoms with Crippen LogP contribution in [0.2, 0.25) is 0 Å². The lowest BCUT2D eigenvalue weighted by Crippen LogP contribution is -2.52. The Hall–Kier alpha value is -1.99. The Balaban J connectivity index is 1.48. The zero-order valence-electron chi connectivity index (χ0n) is 16.4.